The molecule has 0 N–H and O–H groups in total. The van der Waals surface area contributed by atoms with Crippen LogP contribution in [0.5, 0.6) is 5.75 Å². The molecule has 0 bridgehead atoms. The Morgan fingerprint density at radius 2 is 1.95 bits per heavy atom. The highest BCUT2D eigenvalue weighted by molar-refractivity contribution is 5.97. The second kappa shape index (κ2) is 5.06. The van der Waals surface area contributed by atoms with E-state index in [-0.39, 0.29) is 0 Å². The predicted octanol–water partition coefficient (Wildman–Crippen LogP) is 3.50. The first kappa shape index (κ1) is 11.7. The number of nitrogens with zero attached hydrogens (tertiary/aromatic N) is 2. The summed E-state index contributed by atoms with van der Waals surface area (Å²) in [6.07, 6.45) is 4.58. The van der Waals surface area contributed by atoms with Crippen LogP contribution in [0, 0.1) is 6.20 Å². The van der Waals surface area contributed by atoms with Crippen LogP contribution in [0.3, 0.4) is 0 Å². The topological polar surface area (TPSA) is 35.0 Å². The van der Waals surface area contributed by atoms with Gasteiger partial charge in [-0.15, -0.1) is 5.10 Å². The molecule has 0 saturated carbocycles. The SMILES string of the molecule is CCOc1cnn[c]c1-c1cccc2ccccc12. The van der Waals surface area contributed by atoms with Crippen molar-refractivity contribution in [2.75, 3.05) is 6.61 Å². The number of benzene rings is 2. The summed E-state index contributed by atoms with van der Waals surface area (Å²) >= 11 is 0. The fourth-order valence-electron chi connectivity index (χ4n) is 2.18. The molecular weight excluding hydrogens is 236 g/mol. The number of hydrogen-bond donors (Lipinski definition) is 0. The van der Waals surface area contributed by atoms with E-state index in [0.717, 1.165) is 16.5 Å². The molecule has 3 aromatic rings. The van der Waals surface area contributed by atoms with Crippen molar-refractivity contribution in [3.05, 3.63) is 54.9 Å². The molecule has 0 aliphatic carbocycles. The Hall–Kier alpha value is -2.42. The van der Waals surface area contributed by atoms with Gasteiger partial charge in [-0.1, -0.05) is 42.5 Å². The van der Waals surface area contributed by atoms with Crippen molar-refractivity contribution in [2.45, 2.75) is 6.92 Å². The zero-order chi connectivity index (χ0) is 13.1. The van der Waals surface area contributed by atoms with Gasteiger partial charge in [-0.2, -0.15) is 5.10 Å². The van der Waals surface area contributed by atoms with E-state index < -0.39 is 0 Å². The Bertz CT molecular complexity index is 704. The van der Waals surface area contributed by atoms with Crippen molar-refractivity contribution < 1.29 is 4.74 Å². The first-order valence-corrected chi connectivity index (χ1v) is 6.24. The number of rotatable bonds is 3. The molecule has 1 radical (unpaired) electrons. The molecule has 0 unspecified atom stereocenters. The molecule has 3 nitrogen and oxygen atoms in total. The molecule has 3 heteroatoms. The van der Waals surface area contributed by atoms with Crippen molar-refractivity contribution in [2.24, 2.45) is 0 Å². The number of aromatic nitrogens is 2. The third kappa shape index (κ3) is 2.15. The minimum absolute atomic E-state index is 0.595. The van der Waals surface area contributed by atoms with Gasteiger partial charge in [-0.3, -0.25) is 0 Å². The second-order valence-electron chi connectivity index (χ2n) is 4.16. The Labute approximate surface area is 111 Å². The van der Waals surface area contributed by atoms with E-state index in [2.05, 4.69) is 40.7 Å². The maximum atomic E-state index is 5.61. The number of ether oxygens (including phenoxy) is 1. The third-order valence-corrected chi connectivity index (χ3v) is 3.00. The van der Waals surface area contributed by atoms with Crippen LogP contribution < -0.4 is 4.74 Å². The van der Waals surface area contributed by atoms with Gasteiger partial charge in [0.1, 0.15) is 11.9 Å². The van der Waals surface area contributed by atoms with Crippen LogP contribution in [0.1, 0.15) is 6.92 Å². The molecule has 1 heterocycles. The normalized spacial score (nSPS) is 10.6. The maximum Gasteiger partial charge on any atom is 0.149 e. The Morgan fingerprint density at radius 1 is 1.11 bits per heavy atom. The van der Waals surface area contributed by atoms with Crippen LogP contribution in [-0.4, -0.2) is 16.8 Å². The lowest BCUT2D eigenvalue weighted by atomic mass is 9.99. The molecule has 0 saturated heterocycles. The number of fused-ring (bicyclic) bond motifs is 1. The van der Waals surface area contributed by atoms with Crippen molar-refractivity contribution in [1.82, 2.24) is 10.2 Å². The molecule has 2 aromatic carbocycles. The quantitative estimate of drug-likeness (QED) is 0.712. The van der Waals surface area contributed by atoms with Crippen LogP contribution in [0.15, 0.2) is 48.7 Å². The minimum atomic E-state index is 0.595. The molecule has 0 spiro atoms. The summed E-state index contributed by atoms with van der Waals surface area (Å²) in [5.74, 6) is 0.717. The van der Waals surface area contributed by atoms with Crippen LogP contribution in [0.4, 0.5) is 0 Å². The van der Waals surface area contributed by atoms with Crippen molar-refractivity contribution in [1.29, 1.82) is 0 Å². The molecule has 1 aromatic heterocycles. The largest absolute Gasteiger partial charge is 0.491 e. The van der Waals surface area contributed by atoms with Crippen molar-refractivity contribution >= 4 is 10.8 Å². The molecule has 0 aliphatic heterocycles. The second-order valence-corrected chi connectivity index (χ2v) is 4.16. The smallest absolute Gasteiger partial charge is 0.149 e. The summed E-state index contributed by atoms with van der Waals surface area (Å²) in [5, 5.41) is 10.0. The summed E-state index contributed by atoms with van der Waals surface area (Å²) in [6, 6.07) is 14.4. The highest BCUT2D eigenvalue weighted by atomic mass is 16.5. The van der Waals surface area contributed by atoms with E-state index in [1.54, 1.807) is 6.20 Å². The van der Waals surface area contributed by atoms with Crippen molar-refractivity contribution in [3.63, 3.8) is 0 Å². The minimum Gasteiger partial charge on any atom is -0.491 e. The zero-order valence-corrected chi connectivity index (χ0v) is 10.6. The van der Waals surface area contributed by atoms with Gasteiger partial charge in [0.05, 0.1) is 18.4 Å². The summed E-state index contributed by atoms with van der Waals surface area (Å²) in [5.41, 5.74) is 1.92. The Morgan fingerprint density at radius 3 is 2.84 bits per heavy atom. The van der Waals surface area contributed by atoms with Gasteiger partial charge in [0.2, 0.25) is 0 Å². The summed E-state index contributed by atoms with van der Waals surface area (Å²) in [6.45, 7) is 2.55. The van der Waals surface area contributed by atoms with Crippen molar-refractivity contribution in [3.8, 4) is 16.9 Å². The van der Waals surface area contributed by atoms with Crippen LogP contribution in [0.2, 0.25) is 0 Å². The van der Waals surface area contributed by atoms with E-state index >= 15 is 0 Å². The zero-order valence-electron chi connectivity index (χ0n) is 10.6. The fourth-order valence-corrected chi connectivity index (χ4v) is 2.18. The Balaban J connectivity index is 2.25. The van der Waals surface area contributed by atoms with Gasteiger partial charge in [-0.05, 0) is 23.3 Å². The molecule has 0 fully saturated rings. The lowest BCUT2D eigenvalue weighted by molar-refractivity contribution is 0.339. The van der Waals surface area contributed by atoms with Gasteiger partial charge in [0.15, 0.2) is 0 Å². The lowest BCUT2D eigenvalue weighted by Crippen LogP contribution is -1.96. The predicted molar refractivity (Wildman–Crippen MR) is 75.0 cm³/mol. The molecule has 0 amide bonds. The molecule has 0 aliphatic rings. The highest BCUT2D eigenvalue weighted by Gasteiger charge is 2.10. The standard InChI is InChI=1S/C16H13N2O/c1-2-19-16-11-18-17-10-15(16)14-9-5-7-12-6-3-4-8-13(12)14/h3-9,11H,2H2,1H3. The van der Waals surface area contributed by atoms with Gasteiger partial charge < -0.3 is 4.74 Å². The average molecular weight is 249 g/mol. The van der Waals surface area contributed by atoms with E-state index in [1.807, 2.05) is 25.1 Å². The van der Waals surface area contributed by atoms with Gasteiger partial charge in [0.25, 0.3) is 0 Å². The van der Waals surface area contributed by atoms with Gasteiger partial charge in [0, 0.05) is 0 Å². The van der Waals surface area contributed by atoms with E-state index in [4.69, 9.17) is 4.74 Å². The van der Waals surface area contributed by atoms with Gasteiger partial charge >= 0.3 is 0 Å². The Kier molecular flexibility index (Phi) is 3.11. The van der Waals surface area contributed by atoms with E-state index in [0.29, 0.717) is 12.4 Å². The number of hydrogen-bond acceptors (Lipinski definition) is 3. The molecule has 0 atom stereocenters. The molecule has 3 rings (SSSR count). The van der Waals surface area contributed by atoms with Crippen LogP contribution in [-0.2, 0) is 0 Å². The van der Waals surface area contributed by atoms with Crippen LogP contribution >= 0.6 is 0 Å². The molecule has 19 heavy (non-hydrogen) atoms. The summed E-state index contributed by atoms with van der Waals surface area (Å²) in [7, 11) is 0. The first-order valence-electron chi connectivity index (χ1n) is 6.24. The van der Waals surface area contributed by atoms with E-state index in [1.165, 1.54) is 5.39 Å². The molecular formula is C16H13N2O. The maximum absolute atomic E-state index is 5.61. The van der Waals surface area contributed by atoms with Crippen LogP contribution in [0.25, 0.3) is 21.9 Å². The highest BCUT2D eigenvalue weighted by Crippen LogP contribution is 2.33. The van der Waals surface area contributed by atoms with Gasteiger partial charge in [-0.25, -0.2) is 0 Å². The monoisotopic (exact) mass is 249 g/mol. The average Bonchev–Trinajstić information content (AvgIpc) is 2.48. The third-order valence-electron chi connectivity index (χ3n) is 3.00. The summed E-state index contributed by atoms with van der Waals surface area (Å²) < 4.78 is 5.61. The van der Waals surface area contributed by atoms with E-state index in [9.17, 15) is 0 Å². The fraction of sp³-hybridized carbons (Fsp3) is 0.125. The molecule has 93 valence electrons. The summed E-state index contributed by atoms with van der Waals surface area (Å²) in [4.78, 5) is 0. The lowest BCUT2D eigenvalue weighted by Gasteiger charge is -2.10. The first-order chi connectivity index (χ1) is 9.40.